The van der Waals surface area contributed by atoms with Gasteiger partial charge in [-0.15, -0.1) is 0 Å². The van der Waals surface area contributed by atoms with E-state index < -0.39 is 6.04 Å². The van der Waals surface area contributed by atoms with Crippen molar-refractivity contribution in [2.75, 3.05) is 27.2 Å². The van der Waals surface area contributed by atoms with Crippen molar-refractivity contribution in [1.82, 2.24) is 15.5 Å². The minimum absolute atomic E-state index is 0.0240. The van der Waals surface area contributed by atoms with Crippen LogP contribution in [-0.2, 0) is 9.59 Å². The minimum Gasteiger partial charge on any atom is -0.370 e. The normalized spacial score (nSPS) is 12.5. The van der Waals surface area contributed by atoms with Crippen LogP contribution in [-0.4, -0.2) is 55.9 Å². The molecule has 0 spiro atoms. The molecule has 1 unspecified atom stereocenters. The third-order valence-corrected chi connectivity index (χ3v) is 5.14. The van der Waals surface area contributed by atoms with Crippen molar-refractivity contribution in [3.63, 3.8) is 0 Å². The second-order valence-electron chi connectivity index (χ2n) is 8.22. The Hall–Kier alpha value is -1.79. The minimum atomic E-state index is -0.466. The number of amides is 2. The van der Waals surface area contributed by atoms with Crippen LogP contribution in [0.5, 0.6) is 0 Å². The number of carbonyl (C=O) groups excluding carboxylic acids is 2. The van der Waals surface area contributed by atoms with Gasteiger partial charge in [-0.3, -0.25) is 14.6 Å². The highest BCUT2D eigenvalue weighted by Gasteiger charge is 2.19. The lowest BCUT2D eigenvalue weighted by atomic mass is 10.1. The zero-order valence-electron chi connectivity index (χ0n) is 20.0. The van der Waals surface area contributed by atoms with Crippen LogP contribution < -0.4 is 16.4 Å². The number of carbonyl (C=O) groups is 2. The standard InChI is InChI=1S/C23H47N5O2/c1-5-7-8-9-10-11-12-13-14-18-21(29)27-20(22(30)25-6-2)17-15-16-19-26-23(24)28(3)4/h20H,5-19H2,1-4H3,(H2,24,26)(H,25,30)(H,27,29). The molecule has 0 aliphatic heterocycles. The maximum absolute atomic E-state index is 12.3. The number of unbranched alkanes of at least 4 members (excludes halogenated alkanes) is 9. The zero-order valence-corrected chi connectivity index (χ0v) is 20.0. The number of nitrogens with two attached hydrogens (primary N) is 1. The third kappa shape index (κ3) is 16.1. The predicted molar refractivity (Wildman–Crippen MR) is 126 cm³/mol. The molecule has 0 bridgehead atoms. The Morgan fingerprint density at radius 3 is 2.07 bits per heavy atom. The molecule has 7 nitrogen and oxygen atoms in total. The van der Waals surface area contributed by atoms with Crippen LogP contribution in [0.4, 0.5) is 0 Å². The summed E-state index contributed by atoms with van der Waals surface area (Å²) in [5.74, 6) is 0.378. The molecule has 0 fully saturated rings. The van der Waals surface area contributed by atoms with Gasteiger partial charge in [-0.25, -0.2) is 0 Å². The number of likely N-dealkylation sites (N-methyl/N-ethyl adjacent to an activating group) is 1. The quantitative estimate of drug-likeness (QED) is 0.177. The van der Waals surface area contributed by atoms with Gasteiger partial charge in [0.1, 0.15) is 6.04 Å². The number of nitrogens with one attached hydrogen (secondary N) is 2. The molecule has 0 aromatic rings. The highest BCUT2D eigenvalue weighted by molar-refractivity contribution is 5.87. The maximum atomic E-state index is 12.3. The number of hydrogen-bond donors (Lipinski definition) is 3. The lowest BCUT2D eigenvalue weighted by molar-refractivity contribution is -0.129. The molecular formula is C23H47N5O2. The average molecular weight is 426 g/mol. The summed E-state index contributed by atoms with van der Waals surface area (Å²) >= 11 is 0. The first kappa shape index (κ1) is 28.2. The molecule has 0 aromatic carbocycles. The van der Waals surface area contributed by atoms with Gasteiger partial charge in [0.05, 0.1) is 0 Å². The van der Waals surface area contributed by atoms with Crippen LogP contribution in [0.25, 0.3) is 0 Å². The van der Waals surface area contributed by atoms with E-state index >= 15 is 0 Å². The SMILES string of the molecule is CCCCCCCCCCCC(=O)NC(CCCCN=C(N)N(C)C)C(=O)NCC. The number of hydrogen-bond acceptors (Lipinski definition) is 3. The molecule has 7 heteroatoms. The Labute approximate surface area is 184 Å². The molecule has 0 radical (unpaired) electrons. The van der Waals surface area contributed by atoms with Crippen molar-refractivity contribution in [2.45, 2.75) is 103 Å². The zero-order chi connectivity index (χ0) is 22.6. The maximum Gasteiger partial charge on any atom is 0.242 e. The molecule has 1 atom stereocenters. The van der Waals surface area contributed by atoms with Crippen LogP contribution in [0, 0.1) is 0 Å². The smallest absolute Gasteiger partial charge is 0.242 e. The summed E-state index contributed by atoms with van der Waals surface area (Å²) in [6.45, 7) is 5.31. The van der Waals surface area contributed by atoms with E-state index in [0.29, 0.717) is 31.9 Å². The third-order valence-electron chi connectivity index (χ3n) is 5.14. The number of nitrogens with zero attached hydrogens (tertiary/aromatic N) is 2. The fraction of sp³-hybridized carbons (Fsp3) is 0.870. The summed E-state index contributed by atoms with van der Waals surface area (Å²) in [7, 11) is 3.71. The van der Waals surface area contributed by atoms with E-state index in [9.17, 15) is 9.59 Å². The molecule has 2 amide bonds. The Morgan fingerprint density at radius 2 is 1.50 bits per heavy atom. The molecule has 0 rings (SSSR count). The molecule has 0 aromatic heterocycles. The Balaban J connectivity index is 4.09. The molecule has 0 aliphatic carbocycles. The largest absolute Gasteiger partial charge is 0.370 e. The van der Waals surface area contributed by atoms with E-state index in [1.54, 1.807) is 4.90 Å². The van der Waals surface area contributed by atoms with E-state index in [1.807, 2.05) is 21.0 Å². The van der Waals surface area contributed by atoms with Crippen LogP contribution >= 0.6 is 0 Å². The van der Waals surface area contributed by atoms with Gasteiger partial charge in [-0.2, -0.15) is 0 Å². The molecule has 176 valence electrons. The predicted octanol–water partition coefficient (Wildman–Crippen LogP) is 3.57. The molecule has 30 heavy (non-hydrogen) atoms. The first-order chi connectivity index (χ1) is 14.4. The van der Waals surface area contributed by atoms with Crippen molar-refractivity contribution in [1.29, 1.82) is 0 Å². The molecule has 0 heterocycles. The van der Waals surface area contributed by atoms with Crippen molar-refractivity contribution >= 4 is 17.8 Å². The lowest BCUT2D eigenvalue weighted by Crippen LogP contribution is -2.46. The van der Waals surface area contributed by atoms with Crippen LogP contribution in [0.2, 0.25) is 0 Å². The fourth-order valence-electron chi connectivity index (χ4n) is 3.22. The van der Waals surface area contributed by atoms with Gasteiger partial charge >= 0.3 is 0 Å². The van der Waals surface area contributed by atoms with Crippen LogP contribution in [0.15, 0.2) is 4.99 Å². The second kappa shape index (κ2) is 19.2. The first-order valence-electron chi connectivity index (χ1n) is 12.0. The molecule has 0 saturated heterocycles. The summed E-state index contributed by atoms with van der Waals surface area (Å²) in [6, 6.07) is -0.466. The van der Waals surface area contributed by atoms with Gasteiger partial charge in [-0.05, 0) is 32.6 Å². The average Bonchev–Trinajstić information content (AvgIpc) is 2.71. The lowest BCUT2D eigenvalue weighted by Gasteiger charge is -2.18. The number of aliphatic imine (C=N–C) groups is 1. The van der Waals surface area contributed by atoms with E-state index in [4.69, 9.17) is 5.73 Å². The van der Waals surface area contributed by atoms with Gasteiger partial charge in [-0.1, -0.05) is 58.3 Å². The Bertz CT molecular complexity index is 480. The highest BCUT2D eigenvalue weighted by atomic mass is 16.2. The monoisotopic (exact) mass is 425 g/mol. The van der Waals surface area contributed by atoms with E-state index in [2.05, 4.69) is 22.5 Å². The van der Waals surface area contributed by atoms with Crippen molar-refractivity contribution in [3.05, 3.63) is 0 Å². The summed E-state index contributed by atoms with van der Waals surface area (Å²) in [4.78, 5) is 30.6. The van der Waals surface area contributed by atoms with Gasteiger partial charge in [0.2, 0.25) is 11.8 Å². The molecule has 4 N–H and O–H groups in total. The Kier molecular flexibility index (Phi) is 18.0. The van der Waals surface area contributed by atoms with Crippen molar-refractivity contribution < 1.29 is 9.59 Å². The second-order valence-corrected chi connectivity index (χ2v) is 8.22. The first-order valence-corrected chi connectivity index (χ1v) is 12.0. The number of guanidine groups is 1. The molecule has 0 saturated carbocycles. The molecular weight excluding hydrogens is 378 g/mol. The fourth-order valence-corrected chi connectivity index (χ4v) is 3.22. The summed E-state index contributed by atoms with van der Waals surface area (Å²) < 4.78 is 0. The summed E-state index contributed by atoms with van der Waals surface area (Å²) in [6.07, 6.45) is 13.8. The van der Waals surface area contributed by atoms with Gasteiger partial charge in [0, 0.05) is 33.6 Å². The van der Waals surface area contributed by atoms with Crippen molar-refractivity contribution in [2.24, 2.45) is 10.7 Å². The highest BCUT2D eigenvalue weighted by Crippen LogP contribution is 2.11. The Morgan fingerprint density at radius 1 is 0.900 bits per heavy atom. The van der Waals surface area contributed by atoms with Gasteiger partial charge < -0.3 is 21.3 Å². The van der Waals surface area contributed by atoms with Crippen molar-refractivity contribution in [3.8, 4) is 0 Å². The number of rotatable bonds is 18. The van der Waals surface area contributed by atoms with E-state index in [1.165, 1.54) is 44.9 Å². The molecule has 0 aliphatic rings. The summed E-state index contributed by atoms with van der Waals surface area (Å²) in [5.41, 5.74) is 5.77. The van der Waals surface area contributed by atoms with E-state index in [0.717, 1.165) is 25.7 Å². The van der Waals surface area contributed by atoms with Gasteiger partial charge in [0.15, 0.2) is 5.96 Å². The topological polar surface area (TPSA) is 99.8 Å². The van der Waals surface area contributed by atoms with Gasteiger partial charge in [0.25, 0.3) is 0 Å². The van der Waals surface area contributed by atoms with Crippen LogP contribution in [0.3, 0.4) is 0 Å². The van der Waals surface area contributed by atoms with Crippen LogP contribution in [0.1, 0.15) is 97.3 Å². The summed E-state index contributed by atoms with van der Waals surface area (Å²) in [5, 5.41) is 5.75. The van der Waals surface area contributed by atoms with E-state index in [-0.39, 0.29) is 11.8 Å².